The van der Waals surface area contributed by atoms with Crippen LogP contribution in [0.4, 0.5) is 17.1 Å². The van der Waals surface area contributed by atoms with Crippen LogP contribution in [-0.2, 0) is 14.4 Å². The minimum atomic E-state index is -0.984. The molecule has 2 saturated heterocycles. The van der Waals surface area contributed by atoms with Crippen LogP contribution in [0.2, 0.25) is 0 Å². The molecule has 0 spiro atoms. The molecule has 32 heavy (non-hydrogen) atoms. The molecule has 0 N–H and O–H groups in total. The summed E-state index contributed by atoms with van der Waals surface area (Å²) in [6, 6.07) is 21.8. The molecule has 8 heteroatoms. The third-order valence-electron chi connectivity index (χ3n) is 5.93. The molecule has 0 unspecified atom stereocenters. The molecule has 3 atom stereocenters. The molecule has 3 aromatic carbocycles. The van der Waals surface area contributed by atoms with Gasteiger partial charge in [-0.25, -0.2) is 9.96 Å². The first-order valence-corrected chi connectivity index (χ1v) is 10.2. The SMILES string of the molecule is Cc1ccccc1N1C(=O)[C@H]2[C@H](ON(c3ccccc3)[C@H]2c2ccc([N+](=O)[O-])cc2)C1=O. The normalized spacial score (nSPS) is 22.3. The largest absolute Gasteiger partial charge is 0.273 e. The van der Waals surface area contributed by atoms with E-state index < -0.39 is 28.9 Å². The van der Waals surface area contributed by atoms with E-state index in [0.717, 1.165) is 5.56 Å². The predicted octanol–water partition coefficient (Wildman–Crippen LogP) is 3.95. The van der Waals surface area contributed by atoms with Gasteiger partial charge in [-0.05, 0) is 36.2 Å². The number of para-hydroxylation sites is 2. The maximum Gasteiger partial charge on any atom is 0.269 e. The Bertz CT molecular complexity index is 1210. The smallest absolute Gasteiger partial charge is 0.269 e. The van der Waals surface area contributed by atoms with Crippen molar-refractivity contribution < 1.29 is 19.3 Å². The van der Waals surface area contributed by atoms with E-state index in [4.69, 9.17) is 4.84 Å². The average molecular weight is 429 g/mol. The molecule has 0 saturated carbocycles. The number of nitro benzene ring substituents is 1. The molecule has 0 bridgehead atoms. The third kappa shape index (κ3) is 3.04. The lowest BCUT2D eigenvalue weighted by Crippen LogP contribution is -2.37. The zero-order valence-corrected chi connectivity index (χ0v) is 17.1. The highest BCUT2D eigenvalue weighted by Gasteiger charge is 2.60. The lowest BCUT2D eigenvalue weighted by molar-refractivity contribution is -0.384. The molecule has 3 aromatic rings. The lowest BCUT2D eigenvalue weighted by atomic mass is 9.90. The van der Waals surface area contributed by atoms with Gasteiger partial charge in [0.25, 0.3) is 11.6 Å². The number of fused-ring (bicyclic) bond motifs is 1. The standard InChI is InChI=1S/C24H19N3O5/c1-15-7-5-6-10-19(15)25-23(28)20-21(16-11-13-18(14-12-16)27(30)31)26(32-22(20)24(25)29)17-8-3-2-4-9-17/h2-14,20-22H,1H3/t20-,21+,22+/m1/s1. The molecule has 0 radical (unpaired) electrons. The van der Waals surface area contributed by atoms with Gasteiger partial charge in [-0.2, -0.15) is 0 Å². The Morgan fingerprint density at radius 1 is 0.875 bits per heavy atom. The van der Waals surface area contributed by atoms with E-state index in [1.807, 2.05) is 49.4 Å². The summed E-state index contributed by atoms with van der Waals surface area (Å²) in [5.74, 6) is -1.56. The Balaban J connectivity index is 1.59. The minimum absolute atomic E-state index is 0.0501. The number of aryl methyl sites for hydroxylation is 1. The summed E-state index contributed by atoms with van der Waals surface area (Å²) in [6.45, 7) is 1.84. The number of non-ortho nitro benzene ring substituents is 1. The number of anilines is 2. The predicted molar refractivity (Wildman–Crippen MR) is 117 cm³/mol. The number of carbonyl (C=O) groups excluding carboxylic acids is 2. The van der Waals surface area contributed by atoms with E-state index in [2.05, 4.69) is 0 Å². The van der Waals surface area contributed by atoms with Crippen molar-refractivity contribution in [1.82, 2.24) is 0 Å². The Hall–Kier alpha value is -4.04. The monoisotopic (exact) mass is 429 g/mol. The fourth-order valence-corrected chi connectivity index (χ4v) is 4.40. The summed E-state index contributed by atoms with van der Waals surface area (Å²) >= 11 is 0. The molecular formula is C24H19N3O5. The molecule has 8 nitrogen and oxygen atoms in total. The number of carbonyl (C=O) groups is 2. The first kappa shape index (κ1) is 19.9. The molecule has 0 aromatic heterocycles. The van der Waals surface area contributed by atoms with Gasteiger partial charge in [-0.1, -0.05) is 48.5 Å². The summed E-state index contributed by atoms with van der Waals surface area (Å²) in [4.78, 5) is 44.8. The summed E-state index contributed by atoms with van der Waals surface area (Å²) < 4.78 is 0. The number of hydrogen-bond acceptors (Lipinski definition) is 6. The molecule has 2 aliphatic heterocycles. The maximum atomic E-state index is 13.6. The van der Waals surface area contributed by atoms with Gasteiger partial charge in [-0.3, -0.25) is 24.5 Å². The highest BCUT2D eigenvalue weighted by molar-refractivity contribution is 6.24. The van der Waals surface area contributed by atoms with Gasteiger partial charge in [-0.15, -0.1) is 0 Å². The number of hydrogen-bond donors (Lipinski definition) is 0. The van der Waals surface area contributed by atoms with Crippen LogP contribution in [-0.4, -0.2) is 22.8 Å². The van der Waals surface area contributed by atoms with E-state index in [-0.39, 0.29) is 11.6 Å². The van der Waals surface area contributed by atoms with Crippen LogP contribution in [0.25, 0.3) is 0 Å². The number of nitro groups is 1. The fourth-order valence-electron chi connectivity index (χ4n) is 4.40. The van der Waals surface area contributed by atoms with Gasteiger partial charge in [0.15, 0.2) is 6.10 Å². The Labute approximate surface area is 183 Å². The second-order valence-electron chi connectivity index (χ2n) is 7.80. The van der Waals surface area contributed by atoms with Gasteiger partial charge in [0.2, 0.25) is 5.91 Å². The van der Waals surface area contributed by atoms with Gasteiger partial charge in [0, 0.05) is 12.1 Å². The zero-order chi connectivity index (χ0) is 22.4. The summed E-state index contributed by atoms with van der Waals surface area (Å²) in [5.41, 5.74) is 2.63. The Kier molecular flexibility index (Phi) is 4.71. The van der Waals surface area contributed by atoms with E-state index in [1.165, 1.54) is 17.0 Å². The van der Waals surface area contributed by atoms with E-state index in [0.29, 0.717) is 16.9 Å². The van der Waals surface area contributed by atoms with Crippen LogP contribution in [0.5, 0.6) is 0 Å². The van der Waals surface area contributed by atoms with Crippen molar-refractivity contribution in [2.24, 2.45) is 5.92 Å². The van der Waals surface area contributed by atoms with Crippen molar-refractivity contribution in [3.05, 3.63) is 100 Å². The van der Waals surface area contributed by atoms with Crippen LogP contribution >= 0.6 is 0 Å². The highest BCUT2D eigenvalue weighted by Crippen LogP contribution is 2.48. The fraction of sp³-hybridized carbons (Fsp3) is 0.167. The molecule has 2 amide bonds. The van der Waals surface area contributed by atoms with Gasteiger partial charge in [0.05, 0.1) is 22.3 Å². The summed E-state index contributed by atoms with van der Waals surface area (Å²) in [5, 5.41) is 12.7. The summed E-state index contributed by atoms with van der Waals surface area (Å²) in [7, 11) is 0. The molecular weight excluding hydrogens is 410 g/mol. The van der Waals surface area contributed by atoms with Gasteiger partial charge >= 0.3 is 0 Å². The number of amides is 2. The first-order valence-electron chi connectivity index (χ1n) is 10.2. The van der Waals surface area contributed by atoms with E-state index in [9.17, 15) is 19.7 Å². The lowest BCUT2D eigenvalue weighted by Gasteiger charge is -2.29. The van der Waals surface area contributed by atoms with Crippen LogP contribution < -0.4 is 9.96 Å². The van der Waals surface area contributed by atoms with E-state index in [1.54, 1.807) is 29.3 Å². The second kappa shape index (κ2) is 7.58. The quantitative estimate of drug-likeness (QED) is 0.354. The number of nitrogens with zero attached hydrogens (tertiary/aromatic N) is 3. The minimum Gasteiger partial charge on any atom is -0.273 e. The molecule has 2 fully saturated rings. The van der Waals surface area contributed by atoms with Crippen molar-refractivity contribution in [1.29, 1.82) is 0 Å². The van der Waals surface area contributed by atoms with Crippen LogP contribution in [0.3, 0.4) is 0 Å². The van der Waals surface area contributed by atoms with Crippen molar-refractivity contribution in [3.63, 3.8) is 0 Å². The van der Waals surface area contributed by atoms with Crippen molar-refractivity contribution >= 4 is 28.9 Å². The van der Waals surface area contributed by atoms with Gasteiger partial charge < -0.3 is 0 Å². The van der Waals surface area contributed by atoms with Crippen molar-refractivity contribution in [3.8, 4) is 0 Å². The summed E-state index contributed by atoms with van der Waals surface area (Å²) in [6.07, 6.45) is -0.984. The second-order valence-corrected chi connectivity index (χ2v) is 7.80. The number of hydroxylamine groups is 1. The topological polar surface area (TPSA) is 93.0 Å². The molecule has 2 heterocycles. The molecule has 2 aliphatic rings. The first-order chi connectivity index (χ1) is 15.5. The number of imide groups is 1. The number of rotatable bonds is 4. The molecule has 5 rings (SSSR count). The Morgan fingerprint density at radius 3 is 2.19 bits per heavy atom. The van der Waals surface area contributed by atoms with Crippen LogP contribution in [0, 0.1) is 23.0 Å². The van der Waals surface area contributed by atoms with Crippen molar-refractivity contribution in [2.75, 3.05) is 9.96 Å². The highest BCUT2D eigenvalue weighted by atomic mass is 16.7. The molecule has 0 aliphatic carbocycles. The third-order valence-corrected chi connectivity index (χ3v) is 5.93. The van der Waals surface area contributed by atoms with Crippen LogP contribution in [0.15, 0.2) is 78.9 Å². The van der Waals surface area contributed by atoms with Crippen LogP contribution in [0.1, 0.15) is 17.2 Å². The number of benzene rings is 3. The maximum absolute atomic E-state index is 13.6. The van der Waals surface area contributed by atoms with Gasteiger partial charge in [0.1, 0.15) is 5.92 Å². The van der Waals surface area contributed by atoms with Crippen molar-refractivity contribution in [2.45, 2.75) is 19.1 Å². The average Bonchev–Trinajstić information content (AvgIpc) is 3.31. The Morgan fingerprint density at radius 2 is 1.53 bits per heavy atom. The zero-order valence-electron chi connectivity index (χ0n) is 17.1. The molecule has 160 valence electrons. The van der Waals surface area contributed by atoms with E-state index >= 15 is 0 Å².